The number of rotatable bonds is 5. The van der Waals surface area contributed by atoms with Gasteiger partial charge in [0, 0.05) is 0 Å². The molecule has 2 rings (SSSR count). The Morgan fingerprint density at radius 2 is 1.64 bits per heavy atom. The Kier molecular flexibility index (Phi) is 4.94. The third kappa shape index (κ3) is 4.68. The molecule has 4 nitrogen and oxygen atoms in total. The first kappa shape index (κ1) is 16.2. The van der Waals surface area contributed by atoms with Crippen molar-refractivity contribution >= 4 is 12.6 Å². The van der Waals surface area contributed by atoms with Crippen molar-refractivity contribution in [3.05, 3.63) is 54.1 Å². The number of halogens is 3. The Labute approximate surface area is 124 Å². The van der Waals surface area contributed by atoms with E-state index in [4.69, 9.17) is 14.8 Å². The number of benzene rings is 2. The fourth-order valence-electron chi connectivity index (χ4n) is 1.74. The maximum Gasteiger partial charge on any atom is 0.573 e. The summed E-state index contributed by atoms with van der Waals surface area (Å²) in [5.41, 5.74) is 0.744. The molecular formula is C14H12BF3O4. The molecule has 0 radical (unpaired) electrons. The van der Waals surface area contributed by atoms with Gasteiger partial charge >= 0.3 is 13.5 Å². The van der Waals surface area contributed by atoms with Crippen molar-refractivity contribution < 1.29 is 32.7 Å². The zero-order chi connectivity index (χ0) is 16.2. The Bertz CT molecular complexity index is 617. The van der Waals surface area contributed by atoms with Crippen LogP contribution in [0.2, 0.25) is 0 Å². The third-order valence-corrected chi connectivity index (χ3v) is 2.73. The summed E-state index contributed by atoms with van der Waals surface area (Å²) < 4.78 is 46.3. The van der Waals surface area contributed by atoms with Crippen LogP contribution in [-0.2, 0) is 6.61 Å². The lowest BCUT2D eigenvalue weighted by molar-refractivity contribution is -0.275. The molecule has 0 fully saturated rings. The minimum atomic E-state index is -4.87. The minimum Gasteiger partial charge on any atom is -0.485 e. The SMILES string of the molecule is OB(O)c1ccc(OC(F)(F)F)c(OCc2ccccc2)c1. The predicted octanol–water partition coefficient (Wildman–Crippen LogP) is 1.84. The van der Waals surface area contributed by atoms with Gasteiger partial charge in [0.05, 0.1) is 0 Å². The molecule has 0 unspecified atom stereocenters. The highest BCUT2D eigenvalue weighted by atomic mass is 19.4. The molecule has 0 amide bonds. The van der Waals surface area contributed by atoms with Crippen LogP contribution >= 0.6 is 0 Å². The summed E-state index contributed by atoms with van der Waals surface area (Å²) >= 11 is 0. The number of ether oxygens (including phenoxy) is 2. The minimum absolute atomic E-state index is 0.00224. The Hall–Kier alpha value is -2.19. The third-order valence-electron chi connectivity index (χ3n) is 2.73. The first-order chi connectivity index (χ1) is 10.3. The second-order valence-electron chi connectivity index (χ2n) is 4.40. The molecule has 2 aromatic rings. The normalized spacial score (nSPS) is 11.1. The second-order valence-corrected chi connectivity index (χ2v) is 4.40. The van der Waals surface area contributed by atoms with Crippen molar-refractivity contribution in [1.29, 1.82) is 0 Å². The maximum absolute atomic E-state index is 12.4. The van der Waals surface area contributed by atoms with E-state index in [0.717, 1.165) is 23.8 Å². The van der Waals surface area contributed by atoms with E-state index in [1.165, 1.54) is 0 Å². The molecule has 0 aliphatic rings. The largest absolute Gasteiger partial charge is 0.573 e. The average Bonchev–Trinajstić information content (AvgIpc) is 2.45. The fourth-order valence-corrected chi connectivity index (χ4v) is 1.74. The maximum atomic E-state index is 12.4. The highest BCUT2D eigenvalue weighted by molar-refractivity contribution is 6.58. The standard InChI is InChI=1S/C14H12BF3O4/c16-14(17,18)22-12-7-6-11(15(19)20)8-13(12)21-9-10-4-2-1-3-5-10/h1-8,19-20H,9H2. The van der Waals surface area contributed by atoms with E-state index in [1.54, 1.807) is 30.3 Å². The van der Waals surface area contributed by atoms with Crippen LogP contribution < -0.4 is 14.9 Å². The van der Waals surface area contributed by atoms with Crippen molar-refractivity contribution in [1.82, 2.24) is 0 Å². The summed E-state index contributed by atoms with van der Waals surface area (Å²) in [4.78, 5) is 0. The van der Waals surface area contributed by atoms with Crippen LogP contribution in [0, 0.1) is 0 Å². The summed E-state index contributed by atoms with van der Waals surface area (Å²) in [5, 5.41) is 18.2. The number of hydrogen-bond acceptors (Lipinski definition) is 4. The molecule has 8 heteroatoms. The molecule has 2 N–H and O–H groups in total. The molecule has 0 aliphatic carbocycles. The quantitative estimate of drug-likeness (QED) is 0.827. The Balaban J connectivity index is 2.23. The van der Waals surface area contributed by atoms with Gasteiger partial charge in [0.1, 0.15) is 6.61 Å². The number of alkyl halides is 3. The van der Waals surface area contributed by atoms with Crippen molar-refractivity contribution in [2.75, 3.05) is 0 Å². The van der Waals surface area contributed by atoms with Crippen LogP contribution in [0.5, 0.6) is 11.5 Å². The monoisotopic (exact) mass is 312 g/mol. The lowest BCUT2D eigenvalue weighted by Gasteiger charge is -2.15. The lowest BCUT2D eigenvalue weighted by Crippen LogP contribution is -2.30. The van der Waals surface area contributed by atoms with E-state index < -0.39 is 19.2 Å². The van der Waals surface area contributed by atoms with Crippen LogP contribution in [0.3, 0.4) is 0 Å². The highest BCUT2D eigenvalue weighted by Gasteiger charge is 2.32. The fraction of sp³-hybridized carbons (Fsp3) is 0.143. The molecular weight excluding hydrogens is 300 g/mol. The first-order valence-electron chi connectivity index (χ1n) is 6.28. The van der Waals surface area contributed by atoms with Crippen molar-refractivity contribution in [2.45, 2.75) is 13.0 Å². The average molecular weight is 312 g/mol. The molecule has 22 heavy (non-hydrogen) atoms. The van der Waals surface area contributed by atoms with Gasteiger partial charge in [0.25, 0.3) is 0 Å². The molecule has 0 spiro atoms. The van der Waals surface area contributed by atoms with E-state index in [-0.39, 0.29) is 17.8 Å². The number of hydrogen-bond donors (Lipinski definition) is 2. The van der Waals surface area contributed by atoms with Crippen molar-refractivity contribution in [3.8, 4) is 11.5 Å². The topological polar surface area (TPSA) is 58.9 Å². The summed E-state index contributed by atoms with van der Waals surface area (Å²) in [7, 11) is -1.82. The van der Waals surface area contributed by atoms with Crippen LogP contribution in [0.4, 0.5) is 13.2 Å². The van der Waals surface area contributed by atoms with Gasteiger partial charge in [-0.05, 0) is 23.2 Å². The molecule has 2 aromatic carbocycles. The van der Waals surface area contributed by atoms with Crippen molar-refractivity contribution in [2.24, 2.45) is 0 Å². The summed E-state index contributed by atoms with van der Waals surface area (Å²) in [5.74, 6) is -0.778. The zero-order valence-electron chi connectivity index (χ0n) is 11.2. The molecule has 0 aromatic heterocycles. The Morgan fingerprint density at radius 1 is 0.955 bits per heavy atom. The van der Waals surface area contributed by atoms with Gasteiger partial charge in [0.2, 0.25) is 0 Å². The van der Waals surface area contributed by atoms with Gasteiger partial charge in [-0.1, -0.05) is 36.4 Å². The predicted molar refractivity (Wildman–Crippen MR) is 73.7 cm³/mol. The van der Waals surface area contributed by atoms with E-state index in [2.05, 4.69) is 4.74 Å². The molecule has 0 bridgehead atoms. The van der Waals surface area contributed by atoms with E-state index in [1.807, 2.05) is 0 Å². The summed E-state index contributed by atoms with van der Waals surface area (Å²) in [6, 6.07) is 12.0. The van der Waals surface area contributed by atoms with Crippen molar-refractivity contribution in [3.63, 3.8) is 0 Å². The van der Waals surface area contributed by atoms with Crippen LogP contribution in [-0.4, -0.2) is 23.5 Å². The van der Waals surface area contributed by atoms with Gasteiger partial charge in [0.15, 0.2) is 11.5 Å². The van der Waals surface area contributed by atoms with E-state index >= 15 is 0 Å². The molecule has 0 saturated carbocycles. The van der Waals surface area contributed by atoms with Crippen LogP contribution in [0.25, 0.3) is 0 Å². The first-order valence-corrected chi connectivity index (χ1v) is 6.28. The molecule has 0 aliphatic heterocycles. The van der Waals surface area contributed by atoms with Crippen LogP contribution in [0.15, 0.2) is 48.5 Å². The molecule has 0 heterocycles. The van der Waals surface area contributed by atoms with E-state index in [0.29, 0.717) is 0 Å². The Morgan fingerprint density at radius 3 is 2.23 bits per heavy atom. The highest BCUT2D eigenvalue weighted by Crippen LogP contribution is 2.31. The summed E-state index contributed by atoms with van der Waals surface area (Å²) in [6.45, 7) is 0.0139. The second kappa shape index (κ2) is 6.72. The van der Waals surface area contributed by atoms with Gasteiger partial charge in [-0.2, -0.15) is 0 Å². The molecule has 0 saturated heterocycles. The van der Waals surface area contributed by atoms with Gasteiger partial charge < -0.3 is 19.5 Å². The summed E-state index contributed by atoms with van der Waals surface area (Å²) in [6.07, 6.45) is -4.87. The van der Waals surface area contributed by atoms with Gasteiger partial charge in [-0.25, -0.2) is 0 Å². The van der Waals surface area contributed by atoms with E-state index in [9.17, 15) is 13.2 Å². The molecule has 0 atom stereocenters. The lowest BCUT2D eigenvalue weighted by atomic mass is 9.80. The van der Waals surface area contributed by atoms with Crippen LogP contribution in [0.1, 0.15) is 5.56 Å². The zero-order valence-corrected chi connectivity index (χ0v) is 11.2. The van der Waals surface area contributed by atoms with Gasteiger partial charge in [-0.3, -0.25) is 0 Å². The smallest absolute Gasteiger partial charge is 0.485 e. The van der Waals surface area contributed by atoms with Gasteiger partial charge in [-0.15, -0.1) is 13.2 Å². The molecule has 116 valence electrons.